The van der Waals surface area contributed by atoms with E-state index in [9.17, 15) is 0 Å². The summed E-state index contributed by atoms with van der Waals surface area (Å²) in [6, 6.07) is 0. The van der Waals surface area contributed by atoms with Gasteiger partial charge < -0.3 is 28.4 Å². The summed E-state index contributed by atoms with van der Waals surface area (Å²) in [6.07, 6.45) is 11.2. The van der Waals surface area contributed by atoms with Crippen molar-refractivity contribution in [2.24, 2.45) is 23.0 Å². The van der Waals surface area contributed by atoms with Crippen LogP contribution in [0.15, 0.2) is 28.8 Å². The van der Waals surface area contributed by atoms with Gasteiger partial charge in [0.25, 0.3) is 0 Å². The third-order valence-electron chi connectivity index (χ3n) is 3.98. The fraction of sp³-hybridized carbons (Fsp3) is 0.625. The van der Waals surface area contributed by atoms with E-state index < -0.39 is 0 Å². The van der Waals surface area contributed by atoms with Crippen molar-refractivity contribution in [1.29, 1.82) is 0 Å². The number of nitrogens with zero attached hydrogens (tertiary/aromatic N) is 6. The molecular weight excluding hydrogens is 420 g/mol. The van der Waals surface area contributed by atoms with E-state index in [-0.39, 0.29) is 29.4 Å². The van der Waals surface area contributed by atoms with Crippen molar-refractivity contribution in [2.75, 3.05) is 12.3 Å². The number of rotatable bonds is 10. The highest BCUT2D eigenvalue weighted by atomic mass is 79.9. The van der Waals surface area contributed by atoms with Crippen LogP contribution in [0, 0.1) is 0 Å². The molecule has 0 aromatic carbocycles. The van der Waals surface area contributed by atoms with Crippen molar-refractivity contribution >= 4 is 29.9 Å². The van der Waals surface area contributed by atoms with Gasteiger partial charge in [-0.25, -0.2) is 13.8 Å². The Bertz CT molecular complexity index is 667. The Hall–Kier alpha value is -1.45. The summed E-state index contributed by atoms with van der Waals surface area (Å²) in [5.41, 5.74) is 12.3. The van der Waals surface area contributed by atoms with Crippen LogP contribution < -0.4 is 33.0 Å². The van der Waals surface area contributed by atoms with Crippen molar-refractivity contribution in [3.05, 3.63) is 18.6 Å². The number of nitrogen functional groups attached to an aromatic ring is 1. The van der Waals surface area contributed by atoms with Crippen LogP contribution in [-0.2, 0) is 20.1 Å². The van der Waals surface area contributed by atoms with E-state index in [1.807, 2.05) is 28.6 Å². The van der Waals surface area contributed by atoms with E-state index >= 15 is 0 Å². The number of imidazole rings is 1. The van der Waals surface area contributed by atoms with Crippen molar-refractivity contribution in [3.63, 3.8) is 0 Å². The molecule has 0 atom stereocenters. The molecule has 26 heavy (non-hydrogen) atoms. The van der Waals surface area contributed by atoms with Crippen LogP contribution in [-0.4, -0.2) is 20.9 Å². The highest BCUT2D eigenvalue weighted by Crippen LogP contribution is 2.23. The smallest absolute Gasteiger partial charge is 0.421 e. The number of halogens is 2. The summed E-state index contributed by atoms with van der Waals surface area (Å²) >= 11 is 0. The third kappa shape index (κ3) is 6.69. The minimum Gasteiger partial charge on any atom is -1.00 e. The van der Waals surface area contributed by atoms with Gasteiger partial charge in [-0.3, -0.25) is 0 Å². The summed E-state index contributed by atoms with van der Waals surface area (Å²) in [7, 11) is 1.94. The standard InChI is InChI=1S/C16H28N8.BrH.ClH/c1-3-4-5-6-10-24-15(18)14(13-19-24)20-21-16-22(2)11-12-23(16)9-7-8-17;;/h11-13,18H,3-10,17H2,1-2H3;2*1H. The lowest BCUT2D eigenvalue weighted by Crippen LogP contribution is -3.00. The topological polar surface area (TPSA) is 103 Å². The predicted molar refractivity (Wildman–Crippen MR) is 101 cm³/mol. The lowest BCUT2D eigenvalue weighted by molar-refractivity contribution is -0.657. The zero-order valence-corrected chi connectivity index (χ0v) is 17.9. The molecule has 2 heterocycles. The number of aromatic nitrogens is 4. The molecule has 0 spiro atoms. The molecule has 2 aromatic heterocycles. The molecule has 148 valence electrons. The monoisotopic (exact) mass is 448 g/mol. The summed E-state index contributed by atoms with van der Waals surface area (Å²) in [6.45, 7) is 4.49. The summed E-state index contributed by atoms with van der Waals surface area (Å²) in [4.78, 5) is 0. The second-order valence-electron chi connectivity index (χ2n) is 5.94. The number of nitrogens with two attached hydrogens (primary N) is 2. The second-order valence-corrected chi connectivity index (χ2v) is 5.94. The van der Waals surface area contributed by atoms with Crippen molar-refractivity contribution < 1.29 is 21.5 Å². The van der Waals surface area contributed by atoms with Crippen LogP contribution in [0.5, 0.6) is 0 Å². The highest BCUT2D eigenvalue weighted by molar-refractivity contribution is 5.85. The number of anilines is 1. The molecule has 8 nitrogen and oxygen atoms in total. The van der Waals surface area contributed by atoms with Gasteiger partial charge in [0, 0.05) is 11.7 Å². The zero-order valence-electron chi connectivity index (χ0n) is 15.5. The van der Waals surface area contributed by atoms with E-state index in [0.717, 1.165) is 31.9 Å². The lowest BCUT2D eigenvalue weighted by Gasteiger charge is -2.03. The Balaban J connectivity index is 0.00000312. The minimum atomic E-state index is 0. The van der Waals surface area contributed by atoms with Crippen LogP contribution in [0.2, 0.25) is 0 Å². The first-order chi connectivity index (χ1) is 11.7. The van der Waals surface area contributed by atoms with Crippen LogP contribution in [0.1, 0.15) is 39.0 Å². The summed E-state index contributed by atoms with van der Waals surface area (Å²) < 4.78 is 5.75. The minimum absolute atomic E-state index is 0. The van der Waals surface area contributed by atoms with E-state index in [0.29, 0.717) is 18.1 Å². The lowest BCUT2D eigenvalue weighted by atomic mass is 10.2. The average Bonchev–Trinajstić information content (AvgIpc) is 3.11. The molecule has 0 saturated carbocycles. The molecule has 0 fully saturated rings. The summed E-state index contributed by atoms with van der Waals surface area (Å²) in [5, 5.41) is 13.0. The van der Waals surface area contributed by atoms with Gasteiger partial charge in [0.1, 0.15) is 0 Å². The maximum atomic E-state index is 6.13. The number of azo groups is 1. The van der Waals surface area contributed by atoms with E-state index in [1.165, 1.54) is 19.3 Å². The molecule has 0 aliphatic rings. The SMILES string of the molecule is CCCCCCn1ncc(/N=N/c2n(CCCN)cc[n+]2C)c1N.Cl.[Br-]. The maximum Gasteiger partial charge on any atom is 0.421 e. The summed E-state index contributed by atoms with van der Waals surface area (Å²) in [5.74, 6) is 1.33. The molecule has 0 saturated heterocycles. The predicted octanol–water partition coefficient (Wildman–Crippen LogP) is -0.138. The van der Waals surface area contributed by atoms with Gasteiger partial charge in [0.05, 0.1) is 32.2 Å². The van der Waals surface area contributed by atoms with Crippen LogP contribution in [0.25, 0.3) is 0 Å². The normalized spacial score (nSPS) is 10.7. The highest BCUT2D eigenvalue weighted by Gasteiger charge is 2.15. The maximum absolute atomic E-state index is 6.13. The number of hydrogen-bond donors (Lipinski definition) is 2. The van der Waals surface area contributed by atoms with Gasteiger partial charge in [-0.05, 0) is 19.4 Å². The van der Waals surface area contributed by atoms with Gasteiger partial charge in [-0.1, -0.05) is 31.3 Å². The quantitative estimate of drug-likeness (QED) is 0.300. The van der Waals surface area contributed by atoms with Gasteiger partial charge in [-0.2, -0.15) is 5.10 Å². The molecule has 0 unspecified atom stereocenters. The van der Waals surface area contributed by atoms with E-state index in [2.05, 4.69) is 22.3 Å². The Morgan fingerprint density at radius 1 is 1.15 bits per heavy atom. The molecule has 10 heteroatoms. The fourth-order valence-electron chi connectivity index (χ4n) is 2.51. The number of hydrogen-bond acceptors (Lipinski definition) is 5. The van der Waals surface area contributed by atoms with Crippen LogP contribution >= 0.6 is 12.4 Å². The average molecular weight is 450 g/mol. The molecule has 0 aliphatic heterocycles. The number of unbranched alkanes of at least 4 members (excludes halogenated alkanes) is 3. The third-order valence-corrected chi connectivity index (χ3v) is 3.98. The molecule has 4 N–H and O–H groups in total. The molecule has 2 rings (SSSR count). The molecule has 2 aromatic rings. The van der Waals surface area contributed by atoms with Crippen molar-refractivity contribution in [2.45, 2.75) is 52.1 Å². The first kappa shape index (κ1) is 24.6. The van der Waals surface area contributed by atoms with E-state index in [4.69, 9.17) is 11.5 Å². The van der Waals surface area contributed by atoms with Gasteiger partial charge in [0.2, 0.25) is 0 Å². The van der Waals surface area contributed by atoms with Gasteiger partial charge in [-0.15, -0.1) is 12.4 Å². The Morgan fingerprint density at radius 3 is 2.62 bits per heavy atom. The van der Waals surface area contributed by atoms with Crippen molar-refractivity contribution in [3.8, 4) is 0 Å². The molecule has 0 amide bonds. The molecule has 0 radical (unpaired) electrons. The second kappa shape index (κ2) is 12.8. The largest absolute Gasteiger partial charge is 1.00 e. The molecule has 0 aliphatic carbocycles. The Labute approximate surface area is 171 Å². The fourth-order valence-corrected chi connectivity index (χ4v) is 2.51. The van der Waals surface area contributed by atoms with E-state index in [1.54, 1.807) is 10.9 Å². The molecular formula is C16H30BrClN8. The Kier molecular flexibility index (Phi) is 12.1. The molecule has 0 bridgehead atoms. The first-order valence-corrected chi connectivity index (χ1v) is 8.65. The van der Waals surface area contributed by atoms with Crippen LogP contribution in [0.3, 0.4) is 0 Å². The van der Waals surface area contributed by atoms with Gasteiger partial charge >= 0.3 is 5.95 Å². The van der Waals surface area contributed by atoms with Crippen molar-refractivity contribution in [1.82, 2.24) is 14.3 Å². The Morgan fingerprint density at radius 2 is 1.92 bits per heavy atom. The zero-order chi connectivity index (χ0) is 17.4. The number of aryl methyl sites for hydroxylation is 3. The van der Waals surface area contributed by atoms with Crippen LogP contribution in [0.4, 0.5) is 17.5 Å². The van der Waals surface area contributed by atoms with Gasteiger partial charge in [0.15, 0.2) is 11.5 Å². The first-order valence-electron chi connectivity index (χ1n) is 8.65.